The highest BCUT2D eigenvalue weighted by Crippen LogP contribution is 2.35. The lowest BCUT2D eigenvalue weighted by Crippen LogP contribution is -2.09. The largest absolute Gasteiger partial charge is 0.497 e. The van der Waals surface area contributed by atoms with Gasteiger partial charge < -0.3 is 19.4 Å². The second-order valence-corrected chi connectivity index (χ2v) is 6.98. The number of nitrogens with one attached hydrogen (secondary N) is 1. The van der Waals surface area contributed by atoms with Crippen LogP contribution >= 0.6 is 0 Å². The van der Waals surface area contributed by atoms with Gasteiger partial charge >= 0.3 is 5.97 Å². The number of hydrogen-bond donors (Lipinski definition) is 1. The number of fused-ring (bicyclic) bond motifs is 3. The van der Waals surface area contributed by atoms with Crippen molar-refractivity contribution >= 4 is 33.5 Å². The Morgan fingerprint density at radius 3 is 2.48 bits per heavy atom. The van der Waals surface area contributed by atoms with Gasteiger partial charge in [0.1, 0.15) is 11.4 Å². The van der Waals surface area contributed by atoms with Crippen molar-refractivity contribution in [1.82, 2.24) is 9.97 Å². The Morgan fingerprint density at radius 1 is 1.07 bits per heavy atom. The molecule has 148 valence electrons. The van der Waals surface area contributed by atoms with Crippen LogP contribution in [0.3, 0.4) is 0 Å². The molecule has 0 saturated heterocycles. The minimum Gasteiger partial charge on any atom is -0.497 e. The van der Waals surface area contributed by atoms with E-state index in [1.807, 2.05) is 61.5 Å². The van der Waals surface area contributed by atoms with Crippen LogP contribution in [0.1, 0.15) is 17.4 Å². The highest BCUT2D eigenvalue weighted by atomic mass is 16.5. The second-order valence-electron chi connectivity index (χ2n) is 6.98. The van der Waals surface area contributed by atoms with E-state index in [1.165, 1.54) is 0 Å². The third-order valence-corrected chi connectivity index (χ3v) is 4.94. The molecule has 29 heavy (non-hydrogen) atoms. The highest BCUT2D eigenvalue weighted by molar-refractivity contribution is 6.13. The summed E-state index contributed by atoms with van der Waals surface area (Å²) in [5, 5.41) is 1.88. The van der Waals surface area contributed by atoms with Crippen LogP contribution in [-0.2, 0) is 4.74 Å². The van der Waals surface area contributed by atoms with Gasteiger partial charge in [-0.15, -0.1) is 0 Å². The third kappa shape index (κ3) is 3.38. The summed E-state index contributed by atoms with van der Waals surface area (Å²) in [5.41, 5.74) is 4.84. The topological polar surface area (TPSA) is 67.5 Å². The number of aromatic nitrogens is 2. The van der Waals surface area contributed by atoms with Crippen molar-refractivity contribution in [2.24, 2.45) is 0 Å². The van der Waals surface area contributed by atoms with Crippen LogP contribution in [0.5, 0.6) is 5.75 Å². The first-order chi connectivity index (χ1) is 14.0. The van der Waals surface area contributed by atoms with Gasteiger partial charge in [0.25, 0.3) is 0 Å². The molecule has 0 bridgehead atoms. The van der Waals surface area contributed by atoms with Crippen molar-refractivity contribution in [3.8, 4) is 17.0 Å². The van der Waals surface area contributed by atoms with Crippen molar-refractivity contribution in [2.75, 3.05) is 32.7 Å². The van der Waals surface area contributed by atoms with Crippen molar-refractivity contribution in [3.05, 3.63) is 54.2 Å². The number of nitrogens with zero attached hydrogens (tertiary/aromatic N) is 2. The number of carbonyl (C=O) groups excluding carboxylic acids is 1. The molecule has 0 aliphatic heterocycles. The number of benzene rings is 2. The molecular weight excluding hydrogens is 366 g/mol. The van der Waals surface area contributed by atoms with E-state index in [-0.39, 0.29) is 5.69 Å². The number of carbonyl (C=O) groups is 1. The summed E-state index contributed by atoms with van der Waals surface area (Å²) >= 11 is 0. The van der Waals surface area contributed by atoms with Crippen LogP contribution < -0.4 is 9.64 Å². The molecule has 0 aliphatic carbocycles. The second kappa shape index (κ2) is 7.47. The van der Waals surface area contributed by atoms with Crippen LogP contribution in [0, 0.1) is 0 Å². The first kappa shape index (κ1) is 18.8. The molecule has 0 saturated carbocycles. The minimum atomic E-state index is -0.433. The van der Waals surface area contributed by atoms with Gasteiger partial charge in [-0.05, 0) is 43.3 Å². The monoisotopic (exact) mass is 389 g/mol. The number of ether oxygens (including phenoxy) is 2. The van der Waals surface area contributed by atoms with Gasteiger partial charge in [-0.2, -0.15) is 0 Å². The van der Waals surface area contributed by atoms with Crippen LogP contribution in [-0.4, -0.2) is 43.7 Å². The van der Waals surface area contributed by atoms with E-state index in [0.717, 1.165) is 38.8 Å². The smallest absolute Gasteiger partial charge is 0.356 e. The van der Waals surface area contributed by atoms with E-state index in [9.17, 15) is 4.79 Å². The Kier molecular flexibility index (Phi) is 4.84. The maximum absolute atomic E-state index is 12.5. The summed E-state index contributed by atoms with van der Waals surface area (Å²) in [6.07, 6.45) is 0. The molecule has 0 fully saturated rings. The Labute approximate surface area is 169 Å². The first-order valence-electron chi connectivity index (χ1n) is 9.47. The highest BCUT2D eigenvalue weighted by Gasteiger charge is 2.18. The Morgan fingerprint density at radius 2 is 1.83 bits per heavy atom. The molecule has 6 heteroatoms. The van der Waals surface area contributed by atoms with Crippen molar-refractivity contribution in [2.45, 2.75) is 6.92 Å². The van der Waals surface area contributed by atoms with E-state index >= 15 is 0 Å². The fourth-order valence-corrected chi connectivity index (χ4v) is 3.44. The van der Waals surface area contributed by atoms with Crippen molar-refractivity contribution in [3.63, 3.8) is 0 Å². The van der Waals surface area contributed by atoms with E-state index in [0.29, 0.717) is 12.3 Å². The predicted octanol–water partition coefficient (Wildman–Crippen LogP) is 4.63. The van der Waals surface area contributed by atoms with E-state index < -0.39 is 5.97 Å². The van der Waals surface area contributed by atoms with E-state index in [4.69, 9.17) is 9.47 Å². The molecule has 0 unspecified atom stereocenters. The molecule has 1 N–H and O–H groups in total. The van der Waals surface area contributed by atoms with Crippen LogP contribution in [0.15, 0.2) is 48.5 Å². The molecule has 2 aromatic heterocycles. The number of hydrogen-bond acceptors (Lipinski definition) is 5. The zero-order chi connectivity index (χ0) is 20.5. The fraction of sp³-hybridized carbons (Fsp3) is 0.217. The Hall–Kier alpha value is -3.54. The number of H-pyrrole nitrogens is 1. The summed E-state index contributed by atoms with van der Waals surface area (Å²) in [5.74, 6) is 0.322. The van der Waals surface area contributed by atoms with Crippen LogP contribution in [0.2, 0.25) is 0 Å². The molecule has 0 aliphatic rings. The van der Waals surface area contributed by atoms with Gasteiger partial charge in [-0.25, -0.2) is 9.78 Å². The average molecular weight is 389 g/mol. The van der Waals surface area contributed by atoms with Gasteiger partial charge in [-0.3, -0.25) is 0 Å². The zero-order valence-electron chi connectivity index (χ0n) is 16.9. The van der Waals surface area contributed by atoms with Gasteiger partial charge in [0.05, 0.1) is 24.9 Å². The van der Waals surface area contributed by atoms with E-state index in [2.05, 4.69) is 9.97 Å². The third-order valence-electron chi connectivity index (χ3n) is 4.94. The van der Waals surface area contributed by atoms with Gasteiger partial charge in [0.15, 0.2) is 0 Å². The van der Waals surface area contributed by atoms with Gasteiger partial charge in [-0.1, -0.05) is 12.1 Å². The number of pyridine rings is 1. The minimum absolute atomic E-state index is 0.287. The summed E-state index contributed by atoms with van der Waals surface area (Å²) < 4.78 is 10.6. The summed E-state index contributed by atoms with van der Waals surface area (Å²) in [7, 11) is 5.63. The summed E-state index contributed by atoms with van der Waals surface area (Å²) in [6, 6.07) is 15.7. The quantitative estimate of drug-likeness (QED) is 0.504. The van der Waals surface area contributed by atoms with Crippen LogP contribution in [0.25, 0.3) is 33.1 Å². The predicted molar refractivity (Wildman–Crippen MR) is 116 cm³/mol. The molecule has 2 heterocycles. The maximum Gasteiger partial charge on any atom is 0.356 e. The average Bonchev–Trinajstić information content (AvgIpc) is 3.11. The van der Waals surface area contributed by atoms with Gasteiger partial charge in [0.2, 0.25) is 0 Å². The standard InChI is InChI=1S/C23H23N3O3/c1-5-29-23(27)20-13-18-17-12-16(28-4)10-11-19(17)24-22(18)21(25-20)14-6-8-15(9-7-14)26(2)3/h6-13,24H,5H2,1-4H3. The number of methoxy groups -OCH3 is 1. The first-order valence-corrected chi connectivity index (χ1v) is 9.47. The molecule has 0 spiro atoms. The number of anilines is 1. The van der Waals surface area contributed by atoms with E-state index in [1.54, 1.807) is 20.1 Å². The van der Waals surface area contributed by atoms with Crippen LogP contribution in [0.4, 0.5) is 5.69 Å². The molecule has 4 aromatic rings. The lowest BCUT2D eigenvalue weighted by molar-refractivity contribution is 0.0520. The number of aromatic amines is 1. The summed E-state index contributed by atoms with van der Waals surface area (Å²) in [6.45, 7) is 2.08. The SMILES string of the molecule is CCOC(=O)c1cc2c([nH]c3ccc(OC)cc32)c(-c2ccc(N(C)C)cc2)n1. The molecule has 0 amide bonds. The Bertz CT molecular complexity index is 1190. The van der Waals surface area contributed by atoms with Crippen molar-refractivity contribution < 1.29 is 14.3 Å². The zero-order valence-corrected chi connectivity index (χ0v) is 16.9. The Balaban J connectivity index is 1.99. The molecule has 0 radical (unpaired) electrons. The normalized spacial score (nSPS) is 11.0. The van der Waals surface area contributed by atoms with Gasteiger partial charge in [0, 0.05) is 41.6 Å². The fourth-order valence-electron chi connectivity index (χ4n) is 3.44. The molecule has 6 nitrogen and oxygen atoms in total. The number of esters is 1. The maximum atomic E-state index is 12.5. The van der Waals surface area contributed by atoms with Crippen molar-refractivity contribution in [1.29, 1.82) is 0 Å². The summed E-state index contributed by atoms with van der Waals surface area (Å²) in [4.78, 5) is 22.6. The molecule has 2 aromatic carbocycles. The lowest BCUT2D eigenvalue weighted by Gasteiger charge is -2.13. The molecule has 0 atom stereocenters. The molecular formula is C23H23N3O3. The number of rotatable bonds is 5. The lowest BCUT2D eigenvalue weighted by atomic mass is 10.1. The molecule has 4 rings (SSSR count).